The maximum atomic E-state index is 5.66. The molecule has 0 aliphatic rings. The Balaban J connectivity index is 2.80. The predicted molar refractivity (Wildman–Crippen MR) is 44.6 cm³/mol. The molecule has 0 saturated carbocycles. The molecule has 2 aromatic heterocycles. The lowest BCUT2D eigenvalue weighted by Gasteiger charge is -1.95. The number of nitrogens with two attached hydrogens (primary N) is 1. The Labute approximate surface area is 69.2 Å². The fourth-order valence-corrected chi connectivity index (χ4v) is 1.09. The zero-order chi connectivity index (χ0) is 8.55. The third-order valence-corrected chi connectivity index (χ3v) is 1.72. The first-order valence-corrected chi connectivity index (χ1v) is 3.77. The summed E-state index contributed by atoms with van der Waals surface area (Å²) in [5, 5.41) is 11.9. The summed E-state index contributed by atoms with van der Waals surface area (Å²) in [6.07, 6.45) is 2.45. The molecule has 5 nitrogen and oxygen atoms in total. The van der Waals surface area contributed by atoms with Gasteiger partial charge in [-0.05, 0) is 6.07 Å². The van der Waals surface area contributed by atoms with Crippen LogP contribution < -0.4 is 5.73 Å². The molecule has 0 unspecified atom stereocenters. The highest BCUT2D eigenvalue weighted by Crippen LogP contribution is 2.09. The molecule has 0 aliphatic carbocycles. The number of nitrogen functional groups attached to an aromatic ring is 1. The zero-order valence-electron chi connectivity index (χ0n) is 6.73. The van der Waals surface area contributed by atoms with Crippen molar-refractivity contribution in [3.63, 3.8) is 0 Å². The number of nitrogens with zero attached hydrogens (tertiary/aromatic N) is 4. The van der Waals surface area contributed by atoms with Crippen molar-refractivity contribution in [1.82, 2.24) is 19.8 Å². The van der Waals surface area contributed by atoms with E-state index in [4.69, 9.17) is 5.73 Å². The molecule has 12 heavy (non-hydrogen) atoms. The molecule has 0 aromatic carbocycles. The first-order valence-electron chi connectivity index (χ1n) is 3.77. The molecule has 0 bridgehead atoms. The summed E-state index contributed by atoms with van der Waals surface area (Å²) in [6, 6.07) is 1.71. The van der Waals surface area contributed by atoms with E-state index in [1.165, 1.54) is 0 Å². The van der Waals surface area contributed by atoms with E-state index in [1.807, 2.05) is 6.92 Å². The average molecular weight is 163 g/mol. The monoisotopic (exact) mass is 163 g/mol. The number of hydrogen-bond acceptors (Lipinski definition) is 4. The van der Waals surface area contributed by atoms with E-state index in [-0.39, 0.29) is 0 Å². The quantitative estimate of drug-likeness (QED) is 0.655. The molecule has 2 heterocycles. The Morgan fingerprint density at radius 1 is 1.50 bits per heavy atom. The van der Waals surface area contributed by atoms with Crippen LogP contribution in [0.1, 0.15) is 12.7 Å². The number of aryl methyl sites for hydroxylation is 1. The van der Waals surface area contributed by atoms with Crippen LogP contribution in [0.25, 0.3) is 5.65 Å². The second-order valence-corrected chi connectivity index (χ2v) is 2.49. The molecular weight excluding hydrogens is 154 g/mol. The Morgan fingerprint density at radius 2 is 2.33 bits per heavy atom. The predicted octanol–water partition coefficient (Wildman–Crippen LogP) is 0.269. The third-order valence-electron chi connectivity index (χ3n) is 1.72. The van der Waals surface area contributed by atoms with Crippen molar-refractivity contribution in [3.8, 4) is 0 Å². The second kappa shape index (κ2) is 2.44. The van der Waals surface area contributed by atoms with Gasteiger partial charge in [0.25, 0.3) is 0 Å². The molecule has 0 amide bonds. The molecule has 0 atom stereocenters. The van der Waals surface area contributed by atoms with Gasteiger partial charge in [0.2, 0.25) is 5.65 Å². The summed E-state index contributed by atoms with van der Waals surface area (Å²) in [4.78, 5) is 0. The van der Waals surface area contributed by atoms with Gasteiger partial charge in [0.1, 0.15) is 0 Å². The zero-order valence-corrected chi connectivity index (χ0v) is 6.73. The SMILES string of the molecule is CCc1nnc2c(N)ccnn12. The summed E-state index contributed by atoms with van der Waals surface area (Å²) >= 11 is 0. The van der Waals surface area contributed by atoms with E-state index >= 15 is 0 Å². The Bertz CT molecular complexity index is 405. The van der Waals surface area contributed by atoms with E-state index in [0.29, 0.717) is 11.3 Å². The van der Waals surface area contributed by atoms with E-state index < -0.39 is 0 Å². The number of aromatic nitrogens is 4. The average Bonchev–Trinajstić information content (AvgIpc) is 2.49. The van der Waals surface area contributed by atoms with Crippen LogP contribution in [0.5, 0.6) is 0 Å². The summed E-state index contributed by atoms with van der Waals surface area (Å²) < 4.78 is 1.66. The molecule has 2 aromatic rings. The summed E-state index contributed by atoms with van der Waals surface area (Å²) in [6.45, 7) is 2.00. The molecule has 2 rings (SSSR count). The minimum absolute atomic E-state index is 0.609. The highest BCUT2D eigenvalue weighted by atomic mass is 15.4. The van der Waals surface area contributed by atoms with Crippen LogP contribution in [0.3, 0.4) is 0 Å². The molecule has 0 aliphatic heterocycles. The Kier molecular flexibility index (Phi) is 1.43. The first kappa shape index (κ1) is 7.02. The van der Waals surface area contributed by atoms with Crippen LogP contribution in [0, 0.1) is 0 Å². The molecule has 62 valence electrons. The highest BCUT2D eigenvalue weighted by molar-refractivity contribution is 5.62. The standard InChI is InChI=1S/C7H9N5/c1-2-6-10-11-7-5(8)3-4-9-12(6)7/h3-4H,2,8H2,1H3. The van der Waals surface area contributed by atoms with Gasteiger partial charge < -0.3 is 5.73 Å². The van der Waals surface area contributed by atoms with Gasteiger partial charge >= 0.3 is 0 Å². The van der Waals surface area contributed by atoms with Crippen molar-refractivity contribution >= 4 is 11.3 Å². The minimum Gasteiger partial charge on any atom is -0.396 e. The van der Waals surface area contributed by atoms with Gasteiger partial charge in [0, 0.05) is 6.42 Å². The van der Waals surface area contributed by atoms with Crippen molar-refractivity contribution in [1.29, 1.82) is 0 Å². The highest BCUT2D eigenvalue weighted by Gasteiger charge is 2.05. The summed E-state index contributed by atoms with van der Waals surface area (Å²) in [5.74, 6) is 0.831. The van der Waals surface area contributed by atoms with E-state index in [2.05, 4.69) is 15.3 Å². The Hall–Kier alpha value is -1.65. The van der Waals surface area contributed by atoms with E-state index in [0.717, 1.165) is 12.2 Å². The smallest absolute Gasteiger partial charge is 0.200 e. The fraction of sp³-hybridized carbons (Fsp3) is 0.286. The second-order valence-electron chi connectivity index (χ2n) is 2.49. The number of rotatable bonds is 1. The van der Waals surface area contributed by atoms with Crippen molar-refractivity contribution in [2.24, 2.45) is 0 Å². The maximum Gasteiger partial charge on any atom is 0.200 e. The fourth-order valence-electron chi connectivity index (χ4n) is 1.09. The Morgan fingerprint density at radius 3 is 3.08 bits per heavy atom. The topological polar surface area (TPSA) is 69.1 Å². The van der Waals surface area contributed by atoms with Crippen LogP contribution in [0.15, 0.2) is 12.3 Å². The number of anilines is 1. The summed E-state index contributed by atoms with van der Waals surface area (Å²) in [7, 11) is 0. The third kappa shape index (κ3) is 0.827. The lowest BCUT2D eigenvalue weighted by molar-refractivity contribution is 0.824. The first-order chi connectivity index (χ1) is 5.83. The van der Waals surface area contributed by atoms with E-state index in [1.54, 1.807) is 16.8 Å². The van der Waals surface area contributed by atoms with Crippen molar-refractivity contribution in [2.75, 3.05) is 5.73 Å². The van der Waals surface area contributed by atoms with Gasteiger partial charge in [-0.15, -0.1) is 10.2 Å². The molecule has 0 fully saturated rings. The van der Waals surface area contributed by atoms with Crippen molar-refractivity contribution < 1.29 is 0 Å². The van der Waals surface area contributed by atoms with Crippen LogP contribution in [-0.4, -0.2) is 19.8 Å². The van der Waals surface area contributed by atoms with Crippen LogP contribution >= 0.6 is 0 Å². The molecule has 0 saturated heterocycles. The maximum absolute atomic E-state index is 5.66. The van der Waals surface area contributed by atoms with Crippen molar-refractivity contribution in [2.45, 2.75) is 13.3 Å². The van der Waals surface area contributed by atoms with Gasteiger partial charge in [-0.2, -0.15) is 9.61 Å². The van der Waals surface area contributed by atoms with Gasteiger partial charge in [-0.3, -0.25) is 0 Å². The largest absolute Gasteiger partial charge is 0.396 e. The molecule has 2 N–H and O–H groups in total. The lowest BCUT2D eigenvalue weighted by Crippen LogP contribution is -1.99. The normalized spacial score (nSPS) is 10.8. The lowest BCUT2D eigenvalue weighted by atomic mass is 10.4. The van der Waals surface area contributed by atoms with Crippen LogP contribution in [-0.2, 0) is 6.42 Å². The van der Waals surface area contributed by atoms with Gasteiger partial charge in [0.15, 0.2) is 5.82 Å². The van der Waals surface area contributed by atoms with Crippen LogP contribution in [0.2, 0.25) is 0 Å². The van der Waals surface area contributed by atoms with Gasteiger partial charge in [-0.1, -0.05) is 6.92 Å². The molecular formula is C7H9N5. The molecule has 0 spiro atoms. The minimum atomic E-state index is 0.609. The molecule has 5 heteroatoms. The van der Waals surface area contributed by atoms with Gasteiger partial charge in [-0.25, -0.2) is 0 Å². The van der Waals surface area contributed by atoms with Crippen LogP contribution in [0.4, 0.5) is 5.69 Å². The molecule has 0 radical (unpaired) electrons. The number of hydrogen-bond donors (Lipinski definition) is 1. The number of fused-ring (bicyclic) bond motifs is 1. The van der Waals surface area contributed by atoms with Crippen molar-refractivity contribution in [3.05, 3.63) is 18.1 Å². The van der Waals surface area contributed by atoms with Gasteiger partial charge in [0.05, 0.1) is 11.9 Å². The summed E-state index contributed by atoms with van der Waals surface area (Å²) in [5.41, 5.74) is 6.90. The van der Waals surface area contributed by atoms with E-state index in [9.17, 15) is 0 Å².